The molecule has 1 heterocycles. The summed E-state index contributed by atoms with van der Waals surface area (Å²) in [5, 5.41) is 0. The number of aromatic nitrogens is 1. The molecule has 1 aliphatic carbocycles. The van der Waals surface area contributed by atoms with Gasteiger partial charge in [-0.3, -0.25) is 4.98 Å². The average molecular weight is 190 g/mol. The van der Waals surface area contributed by atoms with E-state index >= 15 is 0 Å². The van der Waals surface area contributed by atoms with Crippen molar-refractivity contribution in [3.63, 3.8) is 0 Å². The zero-order chi connectivity index (χ0) is 9.97. The molecule has 2 nitrogen and oxygen atoms in total. The van der Waals surface area contributed by atoms with Gasteiger partial charge in [-0.05, 0) is 37.3 Å². The predicted octanol–water partition coefficient (Wildman–Crippen LogP) is 2.31. The Balaban J connectivity index is 2.11. The molecule has 0 radical (unpaired) electrons. The first-order valence-corrected chi connectivity index (χ1v) is 5.42. The number of nitrogens with two attached hydrogens (primary N) is 1. The molecule has 1 saturated carbocycles. The SMILES string of the molecule is C[C@@H]1C[C@H](N)C[C@H](c2ccccn2)C1. The molecule has 0 unspecified atom stereocenters. The molecule has 1 aromatic heterocycles. The Hall–Kier alpha value is -0.890. The molecule has 2 N–H and O–H groups in total. The molecular weight excluding hydrogens is 172 g/mol. The summed E-state index contributed by atoms with van der Waals surface area (Å²) in [5.74, 6) is 1.32. The van der Waals surface area contributed by atoms with Crippen molar-refractivity contribution in [2.45, 2.75) is 38.1 Å². The van der Waals surface area contributed by atoms with E-state index in [9.17, 15) is 0 Å². The summed E-state index contributed by atoms with van der Waals surface area (Å²) in [6.07, 6.45) is 5.38. The van der Waals surface area contributed by atoms with Gasteiger partial charge < -0.3 is 5.73 Å². The standard InChI is InChI=1S/C12H18N2/c1-9-6-10(8-11(13)7-9)12-4-2-3-5-14-12/h2-5,9-11H,6-8,13H2,1H3/t9-,10+,11-/m0/s1. The lowest BCUT2D eigenvalue weighted by molar-refractivity contribution is 0.304. The van der Waals surface area contributed by atoms with Crippen LogP contribution >= 0.6 is 0 Å². The van der Waals surface area contributed by atoms with E-state index in [1.165, 1.54) is 18.5 Å². The first-order chi connectivity index (χ1) is 6.75. The van der Waals surface area contributed by atoms with Crippen LogP contribution in [0.4, 0.5) is 0 Å². The van der Waals surface area contributed by atoms with E-state index in [1.54, 1.807) is 0 Å². The van der Waals surface area contributed by atoms with Crippen molar-refractivity contribution < 1.29 is 0 Å². The summed E-state index contributed by atoms with van der Waals surface area (Å²) in [4.78, 5) is 4.42. The Kier molecular flexibility index (Phi) is 2.82. The molecule has 0 bridgehead atoms. The van der Waals surface area contributed by atoms with Gasteiger partial charge in [-0.25, -0.2) is 0 Å². The molecule has 76 valence electrons. The maximum Gasteiger partial charge on any atom is 0.0435 e. The second kappa shape index (κ2) is 4.09. The molecular formula is C12H18N2. The zero-order valence-corrected chi connectivity index (χ0v) is 8.69. The predicted molar refractivity (Wildman–Crippen MR) is 58.0 cm³/mol. The van der Waals surface area contributed by atoms with Gasteiger partial charge in [-0.15, -0.1) is 0 Å². The Bertz CT molecular complexity index is 274. The largest absolute Gasteiger partial charge is 0.328 e. The van der Waals surface area contributed by atoms with E-state index < -0.39 is 0 Å². The number of hydrogen-bond donors (Lipinski definition) is 1. The average Bonchev–Trinajstić information content (AvgIpc) is 2.18. The van der Waals surface area contributed by atoms with Crippen molar-refractivity contribution >= 4 is 0 Å². The molecule has 1 aromatic rings. The summed E-state index contributed by atoms with van der Waals surface area (Å²) in [6, 6.07) is 6.52. The van der Waals surface area contributed by atoms with E-state index in [0.29, 0.717) is 12.0 Å². The van der Waals surface area contributed by atoms with E-state index in [0.717, 1.165) is 12.3 Å². The third kappa shape index (κ3) is 2.13. The first kappa shape index (κ1) is 9.66. The molecule has 14 heavy (non-hydrogen) atoms. The van der Waals surface area contributed by atoms with Crippen molar-refractivity contribution in [3.8, 4) is 0 Å². The Labute approximate surface area is 85.5 Å². The van der Waals surface area contributed by atoms with Crippen LogP contribution in [0, 0.1) is 5.92 Å². The van der Waals surface area contributed by atoms with Crippen LogP contribution in [0.15, 0.2) is 24.4 Å². The van der Waals surface area contributed by atoms with E-state index in [4.69, 9.17) is 5.73 Å². The van der Waals surface area contributed by atoms with Crippen LogP contribution in [0.25, 0.3) is 0 Å². The maximum atomic E-state index is 6.03. The minimum atomic E-state index is 0.366. The maximum absolute atomic E-state index is 6.03. The van der Waals surface area contributed by atoms with Gasteiger partial charge in [0.25, 0.3) is 0 Å². The number of hydrogen-bond acceptors (Lipinski definition) is 2. The van der Waals surface area contributed by atoms with Gasteiger partial charge in [0.2, 0.25) is 0 Å². The van der Waals surface area contributed by atoms with Crippen LogP contribution in [0.1, 0.15) is 37.8 Å². The van der Waals surface area contributed by atoms with Gasteiger partial charge in [-0.1, -0.05) is 13.0 Å². The Morgan fingerprint density at radius 1 is 1.29 bits per heavy atom. The molecule has 1 aliphatic rings. The number of rotatable bonds is 1. The van der Waals surface area contributed by atoms with Crippen molar-refractivity contribution in [2.24, 2.45) is 11.7 Å². The zero-order valence-electron chi connectivity index (χ0n) is 8.69. The highest BCUT2D eigenvalue weighted by atomic mass is 14.7. The molecule has 1 fully saturated rings. The highest BCUT2D eigenvalue weighted by Gasteiger charge is 2.25. The lowest BCUT2D eigenvalue weighted by atomic mass is 9.78. The smallest absolute Gasteiger partial charge is 0.0435 e. The number of nitrogens with zero attached hydrogens (tertiary/aromatic N) is 1. The van der Waals surface area contributed by atoms with Crippen molar-refractivity contribution in [2.75, 3.05) is 0 Å². The van der Waals surface area contributed by atoms with Gasteiger partial charge >= 0.3 is 0 Å². The quantitative estimate of drug-likeness (QED) is 0.738. The third-order valence-electron chi connectivity index (χ3n) is 3.09. The Morgan fingerprint density at radius 2 is 2.14 bits per heavy atom. The molecule has 2 heteroatoms. The minimum Gasteiger partial charge on any atom is -0.328 e. The molecule has 0 saturated heterocycles. The molecule has 0 aromatic carbocycles. The molecule has 0 amide bonds. The number of pyridine rings is 1. The van der Waals surface area contributed by atoms with Crippen molar-refractivity contribution in [1.82, 2.24) is 4.98 Å². The van der Waals surface area contributed by atoms with E-state index in [2.05, 4.69) is 24.0 Å². The van der Waals surface area contributed by atoms with Gasteiger partial charge in [0, 0.05) is 23.9 Å². The van der Waals surface area contributed by atoms with Crippen molar-refractivity contribution in [3.05, 3.63) is 30.1 Å². The molecule has 2 rings (SSSR count). The van der Waals surface area contributed by atoms with Gasteiger partial charge in [0.15, 0.2) is 0 Å². The fraction of sp³-hybridized carbons (Fsp3) is 0.583. The normalized spacial score (nSPS) is 32.9. The van der Waals surface area contributed by atoms with Crippen LogP contribution in [0.2, 0.25) is 0 Å². The van der Waals surface area contributed by atoms with Gasteiger partial charge in [-0.2, -0.15) is 0 Å². The monoisotopic (exact) mass is 190 g/mol. The summed E-state index contributed by atoms with van der Waals surface area (Å²) >= 11 is 0. The van der Waals surface area contributed by atoms with Crippen LogP contribution in [0.3, 0.4) is 0 Å². The molecule has 0 spiro atoms. The molecule has 3 atom stereocenters. The second-order valence-corrected chi connectivity index (χ2v) is 4.52. The summed E-state index contributed by atoms with van der Waals surface area (Å²) in [7, 11) is 0. The van der Waals surface area contributed by atoms with Gasteiger partial charge in [0.1, 0.15) is 0 Å². The summed E-state index contributed by atoms with van der Waals surface area (Å²) in [5.41, 5.74) is 7.24. The highest BCUT2D eigenvalue weighted by Crippen LogP contribution is 2.34. The van der Waals surface area contributed by atoms with E-state index in [-0.39, 0.29) is 0 Å². The summed E-state index contributed by atoms with van der Waals surface area (Å²) in [6.45, 7) is 2.29. The topological polar surface area (TPSA) is 38.9 Å². The summed E-state index contributed by atoms with van der Waals surface area (Å²) < 4.78 is 0. The van der Waals surface area contributed by atoms with Crippen LogP contribution in [-0.2, 0) is 0 Å². The third-order valence-corrected chi connectivity index (χ3v) is 3.09. The minimum absolute atomic E-state index is 0.366. The van der Waals surface area contributed by atoms with Crippen molar-refractivity contribution in [1.29, 1.82) is 0 Å². The lowest BCUT2D eigenvalue weighted by Crippen LogP contribution is -2.31. The Morgan fingerprint density at radius 3 is 2.79 bits per heavy atom. The van der Waals surface area contributed by atoms with Crippen LogP contribution in [-0.4, -0.2) is 11.0 Å². The fourth-order valence-electron chi connectivity index (χ4n) is 2.52. The van der Waals surface area contributed by atoms with Crippen LogP contribution in [0.5, 0.6) is 0 Å². The first-order valence-electron chi connectivity index (χ1n) is 5.42. The van der Waals surface area contributed by atoms with E-state index in [1.807, 2.05) is 12.3 Å². The van der Waals surface area contributed by atoms with Gasteiger partial charge in [0.05, 0.1) is 0 Å². The second-order valence-electron chi connectivity index (χ2n) is 4.52. The van der Waals surface area contributed by atoms with Crippen LogP contribution < -0.4 is 5.73 Å². The fourth-order valence-corrected chi connectivity index (χ4v) is 2.52. The lowest BCUT2D eigenvalue weighted by Gasteiger charge is -2.30. The molecule has 0 aliphatic heterocycles. The highest BCUT2D eigenvalue weighted by molar-refractivity contribution is 5.11.